The molecule has 40 heavy (non-hydrogen) atoms. The van der Waals surface area contributed by atoms with Gasteiger partial charge in [-0.05, 0) is 31.9 Å². The molecule has 0 radical (unpaired) electrons. The van der Waals surface area contributed by atoms with Crippen molar-refractivity contribution in [2.45, 2.75) is 58.4 Å². The molecule has 0 aliphatic rings. The first-order valence-corrected chi connectivity index (χ1v) is 13.6. The van der Waals surface area contributed by atoms with Crippen LogP contribution in [0.2, 0.25) is 0 Å². The highest BCUT2D eigenvalue weighted by Gasteiger charge is 2.24. The molecule has 2 amide bonds. The Morgan fingerprint density at radius 3 is 2.33 bits per heavy atom. The number of hydrogen-bond donors (Lipinski definition) is 2. The molecule has 0 fully saturated rings. The highest BCUT2D eigenvalue weighted by atomic mass is 32.2. The van der Waals surface area contributed by atoms with Crippen molar-refractivity contribution >= 4 is 34.2 Å². The third kappa shape index (κ3) is 16.5. The Morgan fingerprint density at radius 1 is 1.10 bits per heavy atom. The summed E-state index contributed by atoms with van der Waals surface area (Å²) in [6.07, 6.45) is -1.15. The van der Waals surface area contributed by atoms with Crippen molar-refractivity contribution in [1.82, 2.24) is 10.6 Å². The highest BCUT2D eigenvalue weighted by Crippen LogP contribution is 2.09. The van der Waals surface area contributed by atoms with Gasteiger partial charge < -0.3 is 14.2 Å². The molecular weight excluding hydrogens is 548 g/mol. The van der Waals surface area contributed by atoms with Crippen LogP contribution < -0.4 is 10.6 Å². The van der Waals surface area contributed by atoms with Gasteiger partial charge in [0, 0.05) is 18.3 Å². The first-order valence-electron chi connectivity index (χ1n) is 11.7. The third-order valence-corrected chi connectivity index (χ3v) is 4.71. The van der Waals surface area contributed by atoms with Crippen molar-refractivity contribution in [2.75, 3.05) is 19.5 Å². The molecule has 0 spiro atoms. The lowest BCUT2D eigenvalue weighted by molar-refractivity contribution is -0.141. The monoisotopic (exact) mass is 580 g/mol. The number of esters is 1. The number of guanidine groups is 1. The summed E-state index contributed by atoms with van der Waals surface area (Å²) in [5, 5.41) is 8.11. The number of carbonyl (C=O) groups excluding carboxylic acids is 3. The molecule has 218 valence electrons. The topological polar surface area (TPSA) is 207 Å². The minimum Gasteiger partial charge on any atom is -0.464 e. The molecule has 0 heterocycles. The number of carbonyl (C=O) groups is 3. The van der Waals surface area contributed by atoms with E-state index in [1.165, 1.54) is 0 Å². The van der Waals surface area contributed by atoms with Gasteiger partial charge in [-0.25, -0.2) is 14.6 Å². The minimum absolute atomic E-state index is 0.0540. The fourth-order valence-corrected chi connectivity index (χ4v) is 2.98. The van der Waals surface area contributed by atoms with Crippen molar-refractivity contribution in [3.63, 3.8) is 0 Å². The lowest BCUT2D eigenvalue weighted by Crippen LogP contribution is -2.47. The number of azide groups is 1. The maximum Gasteiger partial charge on any atom is 0.414 e. The number of nitrogens with one attached hydrogen (secondary N) is 2. The SMILES string of the molecule is CC(=O)OC[C@H](N=C(NC(=O)OCc1ccccc1)NC(=O)OC(C)(C)C)[C@@H](C#CCCOS(C)(=O)=O)N=[N+]=[N-]. The number of rotatable bonds is 10. The van der Waals surface area contributed by atoms with Gasteiger partial charge in [0.05, 0.1) is 12.9 Å². The number of benzene rings is 1. The molecule has 2 N–H and O–H groups in total. The second-order valence-electron chi connectivity index (χ2n) is 8.91. The van der Waals surface area contributed by atoms with Gasteiger partial charge in [0.25, 0.3) is 10.1 Å². The van der Waals surface area contributed by atoms with Crippen LogP contribution in [0.1, 0.15) is 39.7 Å². The fourth-order valence-electron chi connectivity index (χ4n) is 2.60. The van der Waals surface area contributed by atoms with E-state index in [0.717, 1.165) is 13.2 Å². The minimum atomic E-state index is -3.68. The maximum atomic E-state index is 12.5. The number of nitrogens with zero attached hydrogens (tertiary/aromatic N) is 4. The Morgan fingerprint density at radius 2 is 1.75 bits per heavy atom. The van der Waals surface area contributed by atoms with E-state index in [4.69, 9.17) is 19.7 Å². The lowest BCUT2D eigenvalue weighted by Gasteiger charge is -2.21. The third-order valence-electron chi connectivity index (χ3n) is 4.12. The molecule has 0 aliphatic carbocycles. The Bertz CT molecular complexity index is 1260. The molecule has 0 aliphatic heterocycles. The van der Waals surface area contributed by atoms with Crippen LogP contribution in [-0.4, -0.2) is 69.7 Å². The second kappa shape index (κ2) is 16.6. The van der Waals surface area contributed by atoms with Gasteiger partial charge in [0.2, 0.25) is 5.96 Å². The fraction of sp³-hybridized carbons (Fsp3) is 0.500. The molecule has 0 bridgehead atoms. The zero-order chi connectivity index (χ0) is 30.2. The Hall–Kier alpha value is -4.32. The van der Waals surface area contributed by atoms with E-state index in [0.29, 0.717) is 5.56 Å². The van der Waals surface area contributed by atoms with E-state index in [2.05, 4.69) is 41.7 Å². The molecule has 2 atom stereocenters. The van der Waals surface area contributed by atoms with Gasteiger partial charge in [-0.2, -0.15) is 8.42 Å². The smallest absolute Gasteiger partial charge is 0.414 e. The summed E-state index contributed by atoms with van der Waals surface area (Å²) in [6.45, 7) is 5.18. The standard InChI is InChI=1S/C24H32N6O9S/c1-17(31)36-16-20(19(29-30-25)13-9-10-14-38-40(5,34)35)26-21(28-23(33)39-24(2,3)4)27-22(32)37-15-18-11-7-6-8-12-18/h6-8,11-12,19-20H,10,14-16H2,1-5H3,(H2,26,27,28,32,33)/t19-,20+/m1/s1. The summed E-state index contributed by atoms with van der Waals surface area (Å²) in [4.78, 5) is 43.3. The molecule has 0 saturated carbocycles. The van der Waals surface area contributed by atoms with Gasteiger partial charge in [-0.15, -0.1) is 5.92 Å². The molecule has 0 saturated heterocycles. The second-order valence-corrected chi connectivity index (χ2v) is 10.6. The van der Waals surface area contributed by atoms with Crippen LogP contribution in [0.3, 0.4) is 0 Å². The van der Waals surface area contributed by atoms with Gasteiger partial charge in [0.15, 0.2) is 0 Å². The average Bonchev–Trinajstić information content (AvgIpc) is 2.83. The maximum absolute atomic E-state index is 12.5. The van der Waals surface area contributed by atoms with E-state index < -0.39 is 58.5 Å². The van der Waals surface area contributed by atoms with Crippen LogP contribution in [0.5, 0.6) is 0 Å². The van der Waals surface area contributed by atoms with E-state index in [9.17, 15) is 22.8 Å². The van der Waals surface area contributed by atoms with Crippen LogP contribution in [0.15, 0.2) is 40.4 Å². The van der Waals surface area contributed by atoms with Crippen LogP contribution >= 0.6 is 0 Å². The van der Waals surface area contributed by atoms with Crippen LogP contribution in [0, 0.1) is 11.8 Å². The Balaban J connectivity index is 3.26. The highest BCUT2D eigenvalue weighted by molar-refractivity contribution is 7.85. The predicted octanol–water partition coefficient (Wildman–Crippen LogP) is 2.77. The van der Waals surface area contributed by atoms with Crippen LogP contribution in [-0.2, 0) is 39.9 Å². The van der Waals surface area contributed by atoms with Gasteiger partial charge in [-0.3, -0.25) is 19.6 Å². The zero-order valence-corrected chi connectivity index (χ0v) is 23.6. The summed E-state index contributed by atoms with van der Waals surface area (Å²) in [5.41, 5.74) is 8.86. The normalized spacial score (nSPS) is 12.9. The number of ether oxygens (including phenoxy) is 3. The summed E-state index contributed by atoms with van der Waals surface area (Å²) in [5.74, 6) is 4.04. The molecule has 15 nitrogen and oxygen atoms in total. The molecule has 0 aromatic heterocycles. The first-order chi connectivity index (χ1) is 18.7. The molecule has 1 aromatic carbocycles. The molecule has 0 unspecified atom stereocenters. The lowest BCUT2D eigenvalue weighted by atomic mass is 10.1. The predicted molar refractivity (Wildman–Crippen MR) is 143 cm³/mol. The summed E-state index contributed by atoms with van der Waals surface area (Å²) in [6, 6.07) is 6.28. The summed E-state index contributed by atoms with van der Waals surface area (Å²) in [7, 11) is -3.68. The first kappa shape index (κ1) is 33.7. The zero-order valence-electron chi connectivity index (χ0n) is 22.7. The van der Waals surface area contributed by atoms with E-state index >= 15 is 0 Å². The summed E-state index contributed by atoms with van der Waals surface area (Å²) < 4.78 is 42.2. The molecule has 1 aromatic rings. The molecule has 16 heteroatoms. The van der Waals surface area contributed by atoms with E-state index in [-0.39, 0.29) is 19.6 Å². The van der Waals surface area contributed by atoms with Crippen molar-refractivity contribution in [3.05, 3.63) is 46.3 Å². The quantitative estimate of drug-likeness (QED) is 0.0398. The van der Waals surface area contributed by atoms with Gasteiger partial charge in [-0.1, -0.05) is 41.4 Å². The van der Waals surface area contributed by atoms with Crippen LogP contribution in [0.25, 0.3) is 10.4 Å². The molecule has 1 rings (SSSR count). The van der Waals surface area contributed by atoms with E-state index in [1.807, 2.05) is 0 Å². The van der Waals surface area contributed by atoms with Crippen molar-refractivity contribution in [1.29, 1.82) is 0 Å². The number of amides is 2. The van der Waals surface area contributed by atoms with Crippen LogP contribution in [0.4, 0.5) is 9.59 Å². The Labute approximate surface area is 232 Å². The van der Waals surface area contributed by atoms with Crippen molar-refractivity contribution < 1.29 is 41.2 Å². The van der Waals surface area contributed by atoms with Gasteiger partial charge >= 0.3 is 18.2 Å². The van der Waals surface area contributed by atoms with E-state index in [1.54, 1.807) is 51.1 Å². The van der Waals surface area contributed by atoms with Gasteiger partial charge in [0.1, 0.15) is 30.9 Å². The van der Waals surface area contributed by atoms with Crippen molar-refractivity contribution in [2.24, 2.45) is 10.1 Å². The van der Waals surface area contributed by atoms with Crippen molar-refractivity contribution in [3.8, 4) is 11.8 Å². The molecular formula is C24H32N6O9S. The number of aliphatic imine (C=N–C) groups is 1. The number of hydrogen-bond acceptors (Lipinski definition) is 11. The summed E-state index contributed by atoms with van der Waals surface area (Å²) >= 11 is 0. The average molecular weight is 581 g/mol. The Kier molecular flexibility index (Phi) is 14.0. The number of alkyl carbamates (subject to hydrolysis) is 2. The largest absolute Gasteiger partial charge is 0.464 e.